The van der Waals surface area contributed by atoms with Crippen LogP contribution in [0.5, 0.6) is 0 Å². The molecule has 0 saturated heterocycles. The molecular formula is C14H17FN2. The number of hydrogen-bond acceptors (Lipinski definition) is 1. The summed E-state index contributed by atoms with van der Waals surface area (Å²) >= 11 is 0. The van der Waals surface area contributed by atoms with E-state index in [1.54, 1.807) is 6.07 Å². The van der Waals surface area contributed by atoms with Gasteiger partial charge in [0.15, 0.2) is 0 Å². The van der Waals surface area contributed by atoms with E-state index in [9.17, 15) is 4.39 Å². The molecule has 1 aromatic heterocycles. The lowest BCUT2D eigenvalue weighted by Crippen LogP contribution is -2.24. The van der Waals surface area contributed by atoms with Gasteiger partial charge in [0.05, 0.1) is 5.52 Å². The molecule has 1 heterocycles. The second kappa shape index (κ2) is 4.15. The van der Waals surface area contributed by atoms with Crippen LogP contribution in [0.2, 0.25) is 0 Å². The summed E-state index contributed by atoms with van der Waals surface area (Å²) in [7, 11) is 0. The summed E-state index contributed by atoms with van der Waals surface area (Å²) in [4.78, 5) is 3.28. The van der Waals surface area contributed by atoms with Gasteiger partial charge in [-0.05, 0) is 37.4 Å². The third-order valence-corrected chi connectivity index (χ3v) is 3.64. The van der Waals surface area contributed by atoms with Crippen molar-refractivity contribution in [2.45, 2.75) is 32.2 Å². The molecule has 2 N–H and O–H groups in total. The number of fused-ring (bicyclic) bond motifs is 3. The molecule has 1 aromatic carbocycles. The van der Waals surface area contributed by atoms with Crippen molar-refractivity contribution in [1.82, 2.24) is 10.3 Å². The summed E-state index contributed by atoms with van der Waals surface area (Å²) in [6.45, 7) is 3.06. The van der Waals surface area contributed by atoms with Crippen LogP contribution in [-0.2, 0) is 6.42 Å². The first-order valence-corrected chi connectivity index (χ1v) is 6.33. The van der Waals surface area contributed by atoms with E-state index in [1.807, 2.05) is 6.07 Å². The minimum absolute atomic E-state index is 0.146. The van der Waals surface area contributed by atoms with Crippen molar-refractivity contribution in [3.8, 4) is 0 Å². The van der Waals surface area contributed by atoms with Gasteiger partial charge in [-0.15, -0.1) is 0 Å². The summed E-state index contributed by atoms with van der Waals surface area (Å²) in [5.74, 6) is -0.146. The Hall–Kier alpha value is -1.35. The molecule has 90 valence electrons. The Morgan fingerprint density at radius 2 is 2.35 bits per heavy atom. The number of para-hydroxylation sites is 1. The third kappa shape index (κ3) is 1.65. The van der Waals surface area contributed by atoms with Gasteiger partial charge in [0.2, 0.25) is 0 Å². The Morgan fingerprint density at radius 1 is 1.47 bits per heavy atom. The largest absolute Gasteiger partial charge is 0.354 e. The maximum Gasteiger partial charge on any atom is 0.147 e. The molecule has 0 aliphatic heterocycles. The normalized spacial score (nSPS) is 19.5. The van der Waals surface area contributed by atoms with Crippen LogP contribution in [-0.4, -0.2) is 11.5 Å². The fraction of sp³-hybridized carbons (Fsp3) is 0.429. The summed E-state index contributed by atoms with van der Waals surface area (Å²) in [5, 5.41) is 4.53. The maximum absolute atomic E-state index is 13.7. The number of aryl methyl sites for hydroxylation is 1. The number of H-pyrrole nitrogens is 1. The highest BCUT2D eigenvalue weighted by Gasteiger charge is 2.24. The van der Waals surface area contributed by atoms with Crippen LogP contribution in [0.15, 0.2) is 18.2 Å². The molecular weight excluding hydrogens is 215 g/mol. The fourth-order valence-electron chi connectivity index (χ4n) is 2.90. The SMILES string of the molecule is CCNC1CCCc2c1[nH]c1c(F)cccc21. The van der Waals surface area contributed by atoms with Crippen LogP contribution in [0.25, 0.3) is 10.9 Å². The van der Waals surface area contributed by atoms with Crippen LogP contribution in [0, 0.1) is 5.82 Å². The minimum Gasteiger partial charge on any atom is -0.354 e. The number of hydrogen-bond donors (Lipinski definition) is 2. The molecule has 0 bridgehead atoms. The van der Waals surface area contributed by atoms with E-state index in [1.165, 1.54) is 23.7 Å². The number of nitrogens with one attached hydrogen (secondary N) is 2. The van der Waals surface area contributed by atoms with Crippen LogP contribution >= 0.6 is 0 Å². The standard InChI is InChI=1S/C14H17FN2/c1-2-16-12-8-4-6-10-9-5-3-7-11(15)13(9)17-14(10)12/h3,5,7,12,16-17H,2,4,6,8H2,1H3. The van der Waals surface area contributed by atoms with Gasteiger partial charge in [-0.3, -0.25) is 0 Å². The van der Waals surface area contributed by atoms with Crippen LogP contribution in [0.4, 0.5) is 4.39 Å². The molecule has 0 spiro atoms. The van der Waals surface area contributed by atoms with Gasteiger partial charge in [-0.2, -0.15) is 0 Å². The van der Waals surface area contributed by atoms with Crippen LogP contribution in [0.1, 0.15) is 37.1 Å². The monoisotopic (exact) mass is 232 g/mol. The lowest BCUT2D eigenvalue weighted by molar-refractivity contribution is 0.465. The topological polar surface area (TPSA) is 27.8 Å². The van der Waals surface area contributed by atoms with Crippen molar-refractivity contribution >= 4 is 10.9 Å². The van der Waals surface area contributed by atoms with E-state index >= 15 is 0 Å². The molecule has 3 heteroatoms. The lowest BCUT2D eigenvalue weighted by atomic mass is 9.92. The van der Waals surface area contributed by atoms with E-state index in [-0.39, 0.29) is 5.82 Å². The predicted molar refractivity (Wildman–Crippen MR) is 67.6 cm³/mol. The van der Waals surface area contributed by atoms with Crippen molar-refractivity contribution in [3.05, 3.63) is 35.3 Å². The average Bonchev–Trinajstić information content (AvgIpc) is 2.71. The first-order chi connectivity index (χ1) is 8.31. The highest BCUT2D eigenvalue weighted by molar-refractivity contribution is 5.85. The van der Waals surface area contributed by atoms with Gasteiger partial charge in [0.25, 0.3) is 0 Å². The highest BCUT2D eigenvalue weighted by atomic mass is 19.1. The Kier molecular flexibility index (Phi) is 2.63. The van der Waals surface area contributed by atoms with Gasteiger partial charge in [0.1, 0.15) is 5.82 Å². The fourth-order valence-corrected chi connectivity index (χ4v) is 2.90. The number of aromatic amines is 1. The Labute approximate surface area is 100 Å². The predicted octanol–water partition coefficient (Wildman–Crippen LogP) is 3.29. The first kappa shape index (κ1) is 10.8. The van der Waals surface area contributed by atoms with Crippen molar-refractivity contribution in [2.24, 2.45) is 0 Å². The molecule has 2 nitrogen and oxygen atoms in total. The van der Waals surface area contributed by atoms with E-state index < -0.39 is 0 Å². The smallest absolute Gasteiger partial charge is 0.147 e. The Balaban J connectivity index is 2.18. The Bertz CT molecular complexity index is 544. The second-order valence-corrected chi connectivity index (χ2v) is 4.68. The molecule has 1 aliphatic carbocycles. The van der Waals surface area contributed by atoms with Gasteiger partial charge in [-0.1, -0.05) is 19.1 Å². The van der Waals surface area contributed by atoms with Gasteiger partial charge in [0, 0.05) is 17.1 Å². The molecule has 1 unspecified atom stereocenters. The molecule has 0 fully saturated rings. The second-order valence-electron chi connectivity index (χ2n) is 4.68. The summed E-state index contributed by atoms with van der Waals surface area (Å²) in [5.41, 5.74) is 3.16. The summed E-state index contributed by atoms with van der Waals surface area (Å²) in [6.07, 6.45) is 3.37. The van der Waals surface area contributed by atoms with Crippen molar-refractivity contribution < 1.29 is 4.39 Å². The summed E-state index contributed by atoms with van der Waals surface area (Å²) in [6, 6.07) is 5.69. The van der Waals surface area contributed by atoms with Crippen molar-refractivity contribution in [1.29, 1.82) is 0 Å². The lowest BCUT2D eigenvalue weighted by Gasteiger charge is -2.23. The number of benzene rings is 1. The van der Waals surface area contributed by atoms with E-state index in [2.05, 4.69) is 17.2 Å². The number of halogens is 1. The first-order valence-electron chi connectivity index (χ1n) is 6.33. The average molecular weight is 232 g/mol. The Morgan fingerprint density at radius 3 is 3.18 bits per heavy atom. The molecule has 0 amide bonds. The van der Waals surface area contributed by atoms with Crippen molar-refractivity contribution in [3.63, 3.8) is 0 Å². The zero-order valence-corrected chi connectivity index (χ0v) is 10.0. The zero-order valence-electron chi connectivity index (χ0n) is 10.0. The molecule has 1 aliphatic rings. The molecule has 0 saturated carbocycles. The van der Waals surface area contributed by atoms with Crippen LogP contribution < -0.4 is 5.32 Å². The molecule has 3 rings (SSSR count). The van der Waals surface area contributed by atoms with Gasteiger partial charge < -0.3 is 10.3 Å². The number of aromatic nitrogens is 1. The zero-order chi connectivity index (χ0) is 11.8. The highest BCUT2D eigenvalue weighted by Crippen LogP contribution is 2.35. The molecule has 1 atom stereocenters. The number of rotatable bonds is 2. The molecule has 2 aromatic rings. The third-order valence-electron chi connectivity index (χ3n) is 3.64. The molecule has 0 radical (unpaired) electrons. The van der Waals surface area contributed by atoms with Gasteiger partial charge in [-0.25, -0.2) is 4.39 Å². The van der Waals surface area contributed by atoms with E-state index in [0.717, 1.165) is 24.8 Å². The van der Waals surface area contributed by atoms with E-state index in [0.29, 0.717) is 11.6 Å². The van der Waals surface area contributed by atoms with Crippen molar-refractivity contribution in [2.75, 3.05) is 6.54 Å². The maximum atomic E-state index is 13.7. The quantitative estimate of drug-likeness (QED) is 0.817. The summed E-state index contributed by atoms with van der Waals surface area (Å²) < 4.78 is 13.7. The van der Waals surface area contributed by atoms with Crippen LogP contribution in [0.3, 0.4) is 0 Å². The van der Waals surface area contributed by atoms with Gasteiger partial charge >= 0.3 is 0 Å². The minimum atomic E-state index is -0.146. The van der Waals surface area contributed by atoms with E-state index in [4.69, 9.17) is 0 Å². The molecule has 17 heavy (non-hydrogen) atoms.